The van der Waals surface area contributed by atoms with Gasteiger partial charge in [-0.15, -0.1) is 0 Å². The number of ether oxygens (including phenoxy) is 3. The monoisotopic (exact) mass is 373 g/mol. The van der Waals surface area contributed by atoms with Gasteiger partial charge in [0.05, 0.1) is 6.61 Å². The van der Waals surface area contributed by atoms with E-state index in [1.165, 1.54) is 0 Å². The molecule has 146 valence electrons. The highest BCUT2D eigenvalue weighted by Gasteiger charge is 2.22. The van der Waals surface area contributed by atoms with Crippen molar-refractivity contribution in [3.63, 3.8) is 0 Å². The Bertz CT molecular complexity index is 810. The van der Waals surface area contributed by atoms with Crippen LogP contribution in [0.4, 0.5) is 0 Å². The third-order valence-electron chi connectivity index (χ3n) is 3.76. The summed E-state index contributed by atoms with van der Waals surface area (Å²) >= 11 is 0. The van der Waals surface area contributed by atoms with Gasteiger partial charge < -0.3 is 18.8 Å². The Balaban J connectivity index is 2.40. The lowest BCUT2D eigenvalue weighted by molar-refractivity contribution is -0.145. The van der Waals surface area contributed by atoms with Crippen LogP contribution in [0, 0.1) is 13.8 Å². The lowest BCUT2D eigenvalue weighted by atomic mass is 10.1. The number of carbonyl (C=O) groups is 2. The van der Waals surface area contributed by atoms with E-state index in [0.717, 1.165) is 17.1 Å². The summed E-state index contributed by atoms with van der Waals surface area (Å²) in [6, 6.07) is 9.24. The number of hydrogen-bond donors (Lipinski definition) is 0. The van der Waals surface area contributed by atoms with Crippen LogP contribution in [0.3, 0.4) is 0 Å². The average Bonchev–Trinajstić information content (AvgIpc) is 2.90. The van der Waals surface area contributed by atoms with Gasteiger partial charge in [-0.2, -0.15) is 0 Å². The van der Waals surface area contributed by atoms with E-state index < -0.39 is 17.5 Å². The molecule has 2 rings (SSSR count). The van der Waals surface area contributed by atoms with E-state index >= 15 is 0 Å². The molecule has 0 spiro atoms. The molecule has 6 nitrogen and oxygen atoms in total. The first kappa shape index (κ1) is 20.6. The van der Waals surface area contributed by atoms with Gasteiger partial charge in [0.2, 0.25) is 0 Å². The number of hydrogen-bond acceptors (Lipinski definition) is 5. The average molecular weight is 373 g/mol. The largest absolute Gasteiger partial charge is 0.481 e. The highest BCUT2D eigenvalue weighted by Crippen LogP contribution is 2.27. The van der Waals surface area contributed by atoms with E-state index in [2.05, 4.69) is 0 Å². The van der Waals surface area contributed by atoms with Crippen molar-refractivity contribution in [1.82, 2.24) is 4.57 Å². The van der Waals surface area contributed by atoms with Gasteiger partial charge in [-0.1, -0.05) is 0 Å². The van der Waals surface area contributed by atoms with Gasteiger partial charge >= 0.3 is 11.9 Å². The van der Waals surface area contributed by atoms with E-state index in [9.17, 15) is 9.59 Å². The van der Waals surface area contributed by atoms with Crippen LogP contribution in [-0.4, -0.2) is 35.3 Å². The van der Waals surface area contributed by atoms with Crippen LogP contribution in [0.2, 0.25) is 0 Å². The van der Waals surface area contributed by atoms with Crippen molar-refractivity contribution in [1.29, 1.82) is 0 Å². The van der Waals surface area contributed by atoms with Crippen LogP contribution in [-0.2, 0) is 14.3 Å². The summed E-state index contributed by atoms with van der Waals surface area (Å²) in [6.07, 6.45) is 0. The molecule has 27 heavy (non-hydrogen) atoms. The number of carbonyl (C=O) groups excluding carboxylic acids is 2. The molecule has 0 N–H and O–H groups in total. The normalized spacial score (nSPS) is 11.2. The molecule has 1 heterocycles. The predicted octanol–water partition coefficient (Wildman–Crippen LogP) is 3.99. The maximum Gasteiger partial charge on any atom is 0.344 e. The molecule has 6 heteroatoms. The van der Waals surface area contributed by atoms with Crippen molar-refractivity contribution < 1.29 is 23.8 Å². The molecule has 0 atom stereocenters. The summed E-state index contributed by atoms with van der Waals surface area (Å²) in [7, 11) is 0. The first-order chi connectivity index (χ1) is 12.6. The zero-order valence-electron chi connectivity index (χ0n) is 16.8. The van der Waals surface area contributed by atoms with E-state index in [1.807, 2.05) is 36.6 Å². The van der Waals surface area contributed by atoms with Gasteiger partial charge in [0.1, 0.15) is 16.9 Å². The van der Waals surface area contributed by atoms with Gasteiger partial charge in [-0.25, -0.2) is 9.59 Å². The van der Waals surface area contributed by atoms with Crippen LogP contribution in [0.25, 0.3) is 5.69 Å². The Hall–Kier alpha value is -2.76. The molecular formula is C21H27NO5. The first-order valence-electron chi connectivity index (χ1n) is 8.93. The summed E-state index contributed by atoms with van der Waals surface area (Å²) < 4.78 is 18.0. The van der Waals surface area contributed by atoms with Gasteiger partial charge in [0, 0.05) is 23.1 Å². The number of rotatable bonds is 6. The standard InChI is InChI=1S/C21H27NO5/c1-7-25-19(23)13-26-18-12-16(22-14(2)8-9-15(22)3)10-11-17(18)20(24)27-21(4,5)6/h8-12H,7,13H2,1-6H3. The molecule has 0 aliphatic carbocycles. The lowest BCUT2D eigenvalue weighted by Gasteiger charge is -2.21. The minimum Gasteiger partial charge on any atom is -0.481 e. The topological polar surface area (TPSA) is 66.8 Å². The molecule has 0 amide bonds. The number of nitrogens with zero attached hydrogens (tertiary/aromatic N) is 1. The summed E-state index contributed by atoms with van der Waals surface area (Å²) in [4.78, 5) is 24.2. The summed E-state index contributed by atoms with van der Waals surface area (Å²) in [6.45, 7) is 11.1. The number of benzene rings is 1. The van der Waals surface area contributed by atoms with Crippen LogP contribution >= 0.6 is 0 Å². The molecule has 0 unspecified atom stereocenters. The van der Waals surface area contributed by atoms with E-state index in [1.54, 1.807) is 39.8 Å². The summed E-state index contributed by atoms with van der Waals surface area (Å²) in [5, 5.41) is 0. The fourth-order valence-electron chi connectivity index (χ4n) is 2.69. The zero-order chi connectivity index (χ0) is 20.2. The van der Waals surface area contributed by atoms with Gasteiger partial charge in [0.15, 0.2) is 6.61 Å². The molecule has 0 bridgehead atoms. The maximum absolute atomic E-state index is 12.6. The predicted molar refractivity (Wildman–Crippen MR) is 103 cm³/mol. The molecule has 0 radical (unpaired) electrons. The zero-order valence-corrected chi connectivity index (χ0v) is 16.8. The van der Waals surface area contributed by atoms with E-state index in [-0.39, 0.29) is 24.5 Å². The Kier molecular flexibility index (Phi) is 6.31. The summed E-state index contributed by atoms with van der Waals surface area (Å²) in [5.74, 6) is -0.720. The minimum absolute atomic E-state index is 0.264. The minimum atomic E-state index is -0.637. The Morgan fingerprint density at radius 1 is 1.04 bits per heavy atom. The van der Waals surface area contributed by atoms with Crippen molar-refractivity contribution in [3.8, 4) is 11.4 Å². The molecule has 1 aromatic carbocycles. The lowest BCUT2D eigenvalue weighted by Crippen LogP contribution is -2.24. The first-order valence-corrected chi connectivity index (χ1v) is 8.93. The fourth-order valence-corrected chi connectivity index (χ4v) is 2.69. The second kappa shape index (κ2) is 8.29. The molecular weight excluding hydrogens is 346 g/mol. The van der Waals surface area contributed by atoms with E-state index in [4.69, 9.17) is 14.2 Å². The number of esters is 2. The quantitative estimate of drug-likeness (QED) is 0.716. The third kappa shape index (κ3) is 5.36. The number of aromatic nitrogens is 1. The fraction of sp³-hybridized carbons (Fsp3) is 0.429. The second-order valence-corrected chi connectivity index (χ2v) is 7.23. The van der Waals surface area contributed by atoms with Crippen molar-refractivity contribution in [3.05, 3.63) is 47.3 Å². The third-order valence-corrected chi connectivity index (χ3v) is 3.76. The highest BCUT2D eigenvalue weighted by atomic mass is 16.6. The summed E-state index contributed by atoms with van der Waals surface area (Å²) in [5.41, 5.74) is 2.56. The number of aryl methyl sites for hydroxylation is 2. The molecule has 0 saturated heterocycles. The van der Waals surface area contributed by atoms with Gasteiger partial charge in [-0.3, -0.25) is 0 Å². The molecule has 0 fully saturated rings. The Morgan fingerprint density at radius 3 is 2.22 bits per heavy atom. The molecule has 1 aromatic heterocycles. The van der Waals surface area contributed by atoms with Crippen LogP contribution < -0.4 is 4.74 Å². The van der Waals surface area contributed by atoms with E-state index in [0.29, 0.717) is 0 Å². The maximum atomic E-state index is 12.6. The smallest absolute Gasteiger partial charge is 0.344 e. The SMILES string of the molecule is CCOC(=O)COc1cc(-n2c(C)ccc2C)ccc1C(=O)OC(C)(C)C. The molecule has 0 aliphatic rings. The van der Waals surface area contributed by atoms with Crippen molar-refractivity contribution in [2.45, 2.75) is 47.1 Å². The Morgan fingerprint density at radius 2 is 1.67 bits per heavy atom. The van der Waals surface area contributed by atoms with Crippen LogP contribution in [0.5, 0.6) is 5.75 Å². The van der Waals surface area contributed by atoms with Crippen molar-refractivity contribution >= 4 is 11.9 Å². The highest BCUT2D eigenvalue weighted by molar-refractivity contribution is 5.93. The Labute approximate surface area is 160 Å². The molecule has 0 aliphatic heterocycles. The van der Waals surface area contributed by atoms with Crippen LogP contribution in [0.15, 0.2) is 30.3 Å². The van der Waals surface area contributed by atoms with Gasteiger partial charge in [0.25, 0.3) is 0 Å². The van der Waals surface area contributed by atoms with Crippen molar-refractivity contribution in [2.75, 3.05) is 13.2 Å². The molecule has 0 saturated carbocycles. The van der Waals surface area contributed by atoms with Crippen LogP contribution in [0.1, 0.15) is 49.4 Å². The second-order valence-electron chi connectivity index (χ2n) is 7.23. The van der Waals surface area contributed by atoms with Gasteiger partial charge in [-0.05, 0) is 65.8 Å². The molecule has 2 aromatic rings. The van der Waals surface area contributed by atoms with Crippen molar-refractivity contribution in [2.24, 2.45) is 0 Å².